The lowest BCUT2D eigenvalue weighted by Crippen LogP contribution is -2.31. The van der Waals surface area contributed by atoms with Gasteiger partial charge >= 0.3 is 0 Å². The van der Waals surface area contributed by atoms with Crippen molar-refractivity contribution in [2.45, 2.75) is 77.7 Å². The molecule has 0 saturated carbocycles. The van der Waals surface area contributed by atoms with Crippen molar-refractivity contribution in [3.05, 3.63) is 0 Å². The average Bonchev–Trinajstić information content (AvgIpc) is 2.22. The van der Waals surface area contributed by atoms with Gasteiger partial charge in [-0.05, 0) is 19.3 Å². The molecule has 0 aliphatic rings. The molecule has 0 bridgehead atoms. The molecule has 0 amide bonds. The first-order valence-electron chi connectivity index (χ1n) is 6.07. The molecule has 2 nitrogen and oxygen atoms in total. The molecule has 0 aromatic carbocycles. The summed E-state index contributed by atoms with van der Waals surface area (Å²) < 4.78 is 0. The fourth-order valence-corrected chi connectivity index (χ4v) is 1.97. The van der Waals surface area contributed by atoms with Gasteiger partial charge in [-0.15, -0.1) is 0 Å². The summed E-state index contributed by atoms with van der Waals surface area (Å²) in [6, 6.07) is 0. The Morgan fingerprint density at radius 2 is 1.36 bits per heavy atom. The summed E-state index contributed by atoms with van der Waals surface area (Å²) in [7, 11) is 0. The quantitative estimate of drug-likeness (QED) is 0.443. The highest BCUT2D eigenvalue weighted by Crippen LogP contribution is 2.29. The Bertz CT molecular complexity index is 115. The number of hydrogen-bond donors (Lipinski definition) is 1. The Morgan fingerprint density at radius 1 is 0.857 bits per heavy atom. The summed E-state index contributed by atoms with van der Waals surface area (Å²) in [5.41, 5.74) is -0.249. The second-order valence-electron chi connectivity index (χ2n) is 4.23. The first-order chi connectivity index (χ1) is 6.74. The average molecular weight is 202 g/mol. The van der Waals surface area contributed by atoms with E-state index in [9.17, 15) is 0 Å². The summed E-state index contributed by atoms with van der Waals surface area (Å²) in [6.07, 6.45) is 8.66. The SMILES string of the molecule is CCCCC(CCC)(CCCC)OO. The topological polar surface area (TPSA) is 29.5 Å². The predicted octanol–water partition coefficient (Wildman–Crippen LogP) is 4.40. The van der Waals surface area contributed by atoms with Crippen molar-refractivity contribution in [3.8, 4) is 0 Å². The summed E-state index contributed by atoms with van der Waals surface area (Å²) in [6.45, 7) is 6.49. The van der Waals surface area contributed by atoms with Gasteiger partial charge < -0.3 is 0 Å². The standard InChI is InChI=1S/C12H26O2/c1-4-7-10-12(14-13,9-6-3)11-8-5-2/h13H,4-11H2,1-3H3. The van der Waals surface area contributed by atoms with Crippen LogP contribution in [0.25, 0.3) is 0 Å². The molecule has 0 radical (unpaired) electrons. The van der Waals surface area contributed by atoms with Gasteiger partial charge in [-0.3, -0.25) is 5.26 Å². The zero-order chi connectivity index (χ0) is 10.9. The van der Waals surface area contributed by atoms with Crippen LogP contribution in [-0.4, -0.2) is 10.9 Å². The number of unbranched alkanes of at least 4 members (excludes halogenated alkanes) is 2. The van der Waals surface area contributed by atoms with Crippen LogP contribution in [0.1, 0.15) is 72.1 Å². The molecular weight excluding hydrogens is 176 g/mol. The Hall–Kier alpha value is -0.0800. The molecule has 0 spiro atoms. The molecule has 2 heteroatoms. The zero-order valence-corrected chi connectivity index (χ0v) is 10.0. The third kappa shape index (κ3) is 4.97. The second kappa shape index (κ2) is 8.25. The third-order valence-electron chi connectivity index (χ3n) is 2.87. The van der Waals surface area contributed by atoms with E-state index in [1.165, 1.54) is 12.8 Å². The van der Waals surface area contributed by atoms with Crippen LogP contribution in [-0.2, 0) is 4.89 Å². The van der Waals surface area contributed by atoms with Gasteiger partial charge in [-0.2, -0.15) is 0 Å². The second-order valence-corrected chi connectivity index (χ2v) is 4.23. The van der Waals surface area contributed by atoms with Crippen molar-refractivity contribution in [1.29, 1.82) is 0 Å². The van der Waals surface area contributed by atoms with E-state index in [4.69, 9.17) is 10.1 Å². The summed E-state index contributed by atoms with van der Waals surface area (Å²) in [5, 5.41) is 9.06. The van der Waals surface area contributed by atoms with Crippen molar-refractivity contribution in [2.75, 3.05) is 0 Å². The van der Waals surface area contributed by atoms with Gasteiger partial charge in [0.1, 0.15) is 5.60 Å². The molecule has 86 valence electrons. The number of rotatable bonds is 9. The maximum absolute atomic E-state index is 9.06. The lowest BCUT2D eigenvalue weighted by molar-refractivity contribution is -0.329. The summed E-state index contributed by atoms with van der Waals surface area (Å²) >= 11 is 0. The van der Waals surface area contributed by atoms with E-state index < -0.39 is 0 Å². The van der Waals surface area contributed by atoms with Crippen LogP contribution in [0.2, 0.25) is 0 Å². The van der Waals surface area contributed by atoms with Crippen LogP contribution in [0.15, 0.2) is 0 Å². The van der Waals surface area contributed by atoms with Crippen molar-refractivity contribution in [3.63, 3.8) is 0 Å². The smallest absolute Gasteiger partial charge is 0.103 e. The molecule has 0 saturated heterocycles. The molecule has 14 heavy (non-hydrogen) atoms. The summed E-state index contributed by atoms with van der Waals surface area (Å²) in [4.78, 5) is 4.78. The normalized spacial score (nSPS) is 12.0. The van der Waals surface area contributed by atoms with Gasteiger partial charge in [-0.25, -0.2) is 4.89 Å². The molecule has 0 fully saturated rings. The fourth-order valence-electron chi connectivity index (χ4n) is 1.97. The van der Waals surface area contributed by atoms with E-state index in [1.54, 1.807) is 0 Å². The fraction of sp³-hybridized carbons (Fsp3) is 1.00. The molecule has 0 heterocycles. The van der Waals surface area contributed by atoms with Crippen molar-refractivity contribution in [2.24, 2.45) is 0 Å². The van der Waals surface area contributed by atoms with Gasteiger partial charge in [0.05, 0.1) is 0 Å². The highest BCUT2D eigenvalue weighted by molar-refractivity contribution is 4.78. The molecular formula is C12H26O2. The van der Waals surface area contributed by atoms with Crippen LogP contribution >= 0.6 is 0 Å². The monoisotopic (exact) mass is 202 g/mol. The van der Waals surface area contributed by atoms with E-state index in [2.05, 4.69) is 20.8 Å². The third-order valence-corrected chi connectivity index (χ3v) is 2.87. The Kier molecular flexibility index (Phi) is 8.20. The van der Waals surface area contributed by atoms with Crippen LogP contribution in [0.5, 0.6) is 0 Å². The first kappa shape index (κ1) is 13.9. The van der Waals surface area contributed by atoms with Crippen molar-refractivity contribution in [1.82, 2.24) is 0 Å². The van der Waals surface area contributed by atoms with Gasteiger partial charge in [-0.1, -0.05) is 52.9 Å². The molecule has 0 atom stereocenters. The first-order valence-corrected chi connectivity index (χ1v) is 6.07. The Morgan fingerprint density at radius 3 is 1.64 bits per heavy atom. The van der Waals surface area contributed by atoms with Crippen LogP contribution < -0.4 is 0 Å². The lowest BCUT2D eigenvalue weighted by Gasteiger charge is -2.30. The molecule has 0 aliphatic heterocycles. The van der Waals surface area contributed by atoms with Gasteiger partial charge in [0.2, 0.25) is 0 Å². The van der Waals surface area contributed by atoms with Gasteiger partial charge in [0.15, 0.2) is 0 Å². The largest absolute Gasteiger partial charge is 0.251 e. The van der Waals surface area contributed by atoms with Crippen LogP contribution in [0, 0.1) is 0 Å². The van der Waals surface area contributed by atoms with Gasteiger partial charge in [0, 0.05) is 0 Å². The van der Waals surface area contributed by atoms with E-state index >= 15 is 0 Å². The molecule has 0 rings (SSSR count). The van der Waals surface area contributed by atoms with Crippen molar-refractivity contribution >= 4 is 0 Å². The predicted molar refractivity (Wildman–Crippen MR) is 60.4 cm³/mol. The Balaban J connectivity index is 4.11. The molecule has 0 aliphatic carbocycles. The van der Waals surface area contributed by atoms with Crippen LogP contribution in [0.3, 0.4) is 0 Å². The van der Waals surface area contributed by atoms with Crippen molar-refractivity contribution < 1.29 is 10.1 Å². The van der Waals surface area contributed by atoms with E-state index in [0.717, 1.165) is 38.5 Å². The highest BCUT2D eigenvalue weighted by atomic mass is 17.1. The Labute approximate surface area is 88.6 Å². The molecule has 0 aromatic heterocycles. The highest BCUT2D eigenvalue weighted by Gasteiger charge is 2.29. The minimum absolute atomic E-state index is 0.249. The minimum atomic E-state index is -0.249. The molecule has 0 aromatic rings. The van der Waals surface area contributed by atoms with E-state index in [0.29, 0.717) is 0 Å². The maximum atomic E-state index is 9.06. The minimum Gasteiger partial charge on any atom is -0.251 e. The zero-order valence-electron chi connectivity index (χ0n) is 10.0. The van der Waals surface area contributed by atoms with E-state index in [-0.39, 0.29) is 5.60 Å². The number of hydrogen-bond acceptors (Lipinski definition) is 2. The van der Waals surface area contributed by atoms with Gasteiger partial charge in [0.25, 0.3) is 0 Å². The maximum Gasteiger partial charge on any atom is 0.103 e. The molecule has 0 unspecified atom stereocenters. The van der Waals surface area contributed by atoms with E-state index in [1.807, 2.05) is 0 Å². The summed E-state index contributed by atoms with van der Waals surface area (Å²) in [5.74, 6) is 0. The lowest BCUT2D eigenvalue weighted by atomic mass is 9.87. The van der Waals surface area contributed by atoms with Crippen LogP contribution in [0.4, 0.5) is 0 Å². The molecule has 1 N–H and O–H groups in total.